The Labute approximate surface area is 240 Å². The minimum absolute atomic E-state index is 0.161. The summed E-state index contributed by atoms with van der Waals surface area (Å²) in [6, 6.07) is 24.6. The molecule has 0 amide bonds. The number of hydrogen-bond donors (Lipinski definition) is 0. The lowest BCUT2D eigenvalue weighted by Crippen LogP contribution is -2.48. The molecule has 43 heavy (non-hydrogen) atoms. The van der Waals surface area contributed by atoms with Crippen LogP contribution in [0.15, 0.2) is 121 Å². The van der Waals surface area contributed by atoms with Gasteiger partial charge in [0.1, 0.15) is 0 Å². The minimum atomic E-state index is -4.74. The molecule has 0 saturated carbocycles. The first kappa shape index (κ1) is 25.0. The van der Waals surface area contributed by atoms with Gasteiger partial charge in [0, 0.05) is 48.3 Å². The SMILES string of the molecule is FC(F)(F)c1nc(-c2ccc(C(n3ccc4ncccc43)(n3ccc4ncccc43)n3ccc4ncccc43)cc2)no1. The van der Waals surface area contributed by atoms with Gasteiger partial charge in [0.25, 0.3) is 0 Å². The van der Waals surface area contributed by atoms with E-state index in [1.54, 1.807) is 30.7 Å². The first-order chi connectivity index (χ1) is 20.9. The van der Waals surface area contributed by atoms with E-state index in [2.05, 4.69) is 43.3 Å². The van der Waals surface area contributed by atoms with E-state index in [1.165, 1.54) is 0 Å². The number of nitrogens with zero attached hydrogens (tertiary/aromatic N) is 8. The van der Waals surface area contributed by atoms with Crippen molar-refractivity contribution >= 4 is 33.1 Å². The Hall–Kier alpha value is -5.78. The highest BCUT2D eigenvalue weighted by Crippen LogP contribution is 2.40. The lowest BCUT2D eigenvalue weighted by molar-refractivity contribution is -0.159. The van der Waals surface area contributed by atoms with E-state index in [-0.39, 0.29) is 5.82 Å². The van der Waals surface area contributed by atoms with Crippen molar-refractivity contribution in [3.63, 3.8) is 0 Å². The highest BCUT2D eigenvalue weighted by molar-refractivity contribution is 5.81. The standard InChI is InChI=1S/C31H19F3N8O/c32-30(33,34)29-38-28(39-43-29)20-7-9-21(10-8-20)31(40-17-11-22-25(40)4-1-14-35-22,41-18-12-23-26(41)5-2-15-36-23)42-19-13-24-27(42)6-3-16-37-24/h1-19H. The van der Waals surface area contributed by atoms with E-state index in [0.717, 1.165) is 38.7 Å². The number of fused-ring (bicyclic) bond motifs is 3. The Morgan fingerprint density at radius 1 is 0.581 bits per heavy atom. The maximum atomic E-state index is 13.2. The van der Waals surface area contributed by atoms with Crippen LogP contribution in [0.25, 0.3) is 44.5 Å². The zero-order valence-electron chi connectivity index (χ0n) is 22.1. The van der Waals surface area contributed by atoms with Gasteiger partial charge < -0.3 is 18.2 Å². The van der Waals surface area contributed by atoms with Crippen LogP contribution in [0.4, 0.5) is 13.2 Å². The summed E-state index contributed by atoms with van der Waals surface area (Å²) in [6.07, 6.45) is 6.42. The van der Waals surface area contributed by atoms with Crippen molar-refractivity contribution in [3.05, 3.63) is 127 Å². The molecule has 0 radical (unpaired) electrons. The van der Waals surface area contributed by atoms with Crippen LogP contribution in [-0.2, 0) is 12.0 Å². The molecule has 12 heteroatoms. The zero-order valence-corrected chi connectivity index (χ0v) is 22.1. The number of hydrogen-bond acceptors (Lipinski definition) is 6. The van der Waals surface area contributed by atoms with Crippen LogP contribution in [0.1, 0.15) is 11.5 Å². The lowest BCUT2D eigenvalue weighted by atomic mass is 10.0. The van der Waals surface area contributed by atoms with E-state index in [1.807, 2.05) is 85.3 Å². The smallest absolute Gasteiger partial charge is 0.329 e. The number of pyridine rings is 3. The summed E-state index contributed by atoms with van der Waals surface area (Å²) in [5.41, 5.74) is 6.09. The van der Waals surface area contributed by atoms with Gasteiger partial charge in [-0.3, -0.25) is 15.0 Å². The number of rotatable bonds is 5. The second kappa shape index (κ2) is 9.11. The van der Waals surface area contributed by atoms with E-state index >= 15 is 0 Å². The van der Waals surface area contributed by atoms with Gasteiger partial charge in [0.05, 0.1) is 33.1 Å². The predicted molar refractivity (Wildman–Crippen MR) is 152 cm³/mol. The van der Waals surface area contributed by atoms with Gasteiger partial charge in [0.15, 0.2) is 0 Å². The molecule has 9 nitrogen and oxygen atoms in total. The molecule has 8 aromatic rings. The van der Waals surface area contributed by atoms with Gasteiger partial charge in [-0.1, -0.05) is 29.4 Å². The van der Waals surface area contributed by atoms with Crippen LogP contribution in [0.5, 0.6) is 0 Å². The molecule has 210 valence electrons. The Kier molecular flexibility index (Phi) is 5.29. The van der Waals surface area contributed by atoms with E-state index in [4.69, 9.17) is 0 Å². The van der Waals surface area contributed by atoms with E-state index in [0.29, 0.717) is 5.56 Å². The van der Waals surface area contributed by atoms with Crippen molar-refractivity contribution in [2.45, 2.75) is 12.0 Å². The van der Waals surface area contributed by atoms with Crippen molar-refractivity contribution in [1.82, 2.24) is 38.8 Å². The quantitative estimate of drug-likeness (QED) is 0.231. The van der Waals surface area contributed by atoms with Gasteiger partial charge >= 0.3 is 12.1 Å². The van der Waals surface area contributed by atoms with E-state index < -0.39 is 17.9 Å². The molecule has 0 aliphatic heterocycles. The number of alkyl halides is 3. The molecule has 0 saturated heterocycles. The summed E-state index contributed by atoms with van der Waals surface area (Å²) < 4.78 is 50.4. The average Bonchev–Trinajstić information content (AvgIpc) is 3.84. The normalized spacial score (nSPS) is 12.5. The van der Waals surface area contributed by atoms with Crippen molar-refractivity contribution in [1.29, 1.82) is 0 Å². The third kappa shape index (κ3) is 3.69. The third-order valence-electron chi connectivity index (χ3n) is 7.58. The fraction of sp³-hybridized carbons (Fsp3) is 0.0645. The van der Waals surface area contributed by atoms with Crippen molar-refractivity contribution < 1.29 is 17.7 Å². The Bertz CT molecular complexity index is 2080. The first-order valence-corrected chi connectivity index (χ1v) is 13.2. The maximum Gasteiger partial charge on any atom is 0.471 e. The Morgan fingerprint density at radius 3 is 1.47 bits per heavy atom. The lowest BCUT2D eigenvalue weighted by Gasteiger charge is -2.40. The second-order valence-corrected chi connectivity index (χ2v) is 9.91. The van der Waals surface area contributed by atoms with Crippen LogP contribution in [0.2, 0.25) is 0 Å². The summed E-state index contributed by atoms with van der Waals surface area (Å²) in [5.74, 6) is -2.69. The largest absolute Gasteiger partial charge is 0.471 e. The summed E-state index contributed by atoms with van der Waals surface area (Å²) in [5, 5.41) is 3.57. The monoisotopic (exact) mass is 576 g/mol. The average molecular weight is 577 g/mol. The molecule has 8 rings (SSSR count). The molecule has 0 fully saturated rings. The Morgan fingerprint density at radius 2 is 1.05 bits per heavy atom. The molecule has 0 aliphatic rings. The highest BCUT2D eigenvalue weighted by atomic mass is 19.4. The van der Waals surface area contributed by atoms with Crippen LogP contribution in [-0.4, -0.2) is 38.8 Å². The maximum absolute atomic E-state index is 13.2. The van der Waals surface area contributed by atoms with Gasteiger partial charge in [-0.2, -0.15) is 18.2 Å². The van der Waals surface area contributed by atoms with Gasteiger partial charge in [-0.05, 0) is 54.6 Å². The van der Waals surface area contributed by atoms with Gasteiger partial charge in [-0.15, -0.1) is 0 Å². The molecule has 0 bridgehead atoms. The Balaban J connectivity index is 1.46. The van der Waals surface area contributed by atoms with Crippen LogP contribution in [0, 0.1) is 0 Å². The van der Waals surface area contributed by atoms with Gasteiger partial charge in [0.2, 0.25) is 11.6 Å². The fourth-order valence-electron chi connectivity index (χ4n) is 5.78. The van der Waals surface area contributed by atoms with Crippen molar-refractivity contribution in [3.8, 4) is 11.4 Å². The first-order valence-electron chi connectivity index (χ1n) is 13.2. The topological polar surface area (TPSA) is 92.4 Å². The number of aromatic nitrogens is 8. The molecule has 0 aliphatic carbocycles. The molecular formula is C31H19F3N8O. The highest BCUT2D eigenvalue weighted by Gasteiger charge is 2.42. The molecule has 0 N–H and O–H groups in total. The number of halogens is 3. The fourth-order valence-corrected chi connectivity index (χ4v) is 5.78. The summed E-state index contributed by atoms with van der Waals surface area (Å²) in [6.45, 7) is 0. The molecule has 1 aromatic carbocycles. The van der Waals surface area contributed by atoms with Gasteiger partial charge in [-0.25, -0.2) is 0 Å². The van der Waals surface area contributed by atoms with Crippen LogP contribution < -0.4 is 0 Å². The third-order valence-corrected chi connectivity index (χ3v) is 7.58. The zero-order chi connectivity index (χ0) is 29.2. The molecule has 0 atom stereocenters. The van der Waals surface area contributed by atoms with Crippen molar-refractivity contribution in [2.24, 2.45) is 0 Å². The minimum Gasteiger partial charge on any atom is -0.329 e. The van der Waals surface area contributed by atoms with Crippen LogP contribution >= 0.6 is 0 Å². The second-order valence-electron chi connectivity index (χ2n) is 9.91. The predicted octanol–water partition coefficient (Wildman–Crippen LogP) is 6.56. The summed E-state index contributed by atoms with van der Waals surface area (Å²) in [7, 11) is 0. The summed E-state index contributed by atoms with van der Waals surface area (Å²) in [4.78, 5) is 17.3. The molecule has 0 unspecified atom stereocenters. The summed E-state index contributed by atoms with van der Waals surface area (Å²) >= 11 is 0. The van der Waals surface area contributed by atoms with Crippen molar-refractivity contribution in [2.75, 3.05) is 0 Å². The molecule has 7 heterocycles. The van der Waals surface area contributed by atoms with E-state index in [9.17, 15) is 13.2 Å². The molecular weight excluding hydrogens is 557 g/mol. The molecule has 0 spiro atoms. The van der Waals surface area contributed by atoms with Crippen LogP contribution in [0.3, 0.4) is 0 Å². The molecule has 7 aromatic heterocycles. The number of benzene rings is 1.